The number of aromatic hydroxyl groups is 1. The molecule has 2 heterocycles. The normalized spacial score (nSPS) is 15.8. The number of phenolic OH excluding ortho intramolecular Hbond substituents is 1. The molecule has 1 aliphatic heterocycles. The summed E-state index contributed by atoms with van der Waals surface area (Å²) in [5, 5.41) is 10.5. The Bertz CT molecular complexity index is 853. The van der Waals surface area contributed by atoms with Crippen molar-refractivity contribution in [3.05, 3.63) is 64.8 Å². The molecular formula is C16H11N3O3S2. The molecule has 2 aromatic rings. The number of benzene rings is 1. The highest BCUT2D eigenvalue weighted by Gasteiger charge is 2.33. The van der Waals surface area contributed by atoms with Crippen LogP contribution in [0.15, 0.2) is 53.7 Å². The zero-order valence-corrected chi connectivity index (χ0v) is 13.8. The molecule has 1 saturated heterocycles. The fraction of sp³-hybridized carbons (Fsp3) is 0. The molecule has 0 atom stereocenters. The molecule has 0 saturated carbocycles. The number of amides is 2. The van der Waals surface area contributed by atoms with E-state index in [-0.39, 0.29) is 15.6 Å². The molecule has 2 N–H and O–H groups in total. The molecule has 120 valence electrons. The summed E-state index contributed by atoms with van der Waals surface area (Å²) in [5.41, 5.74) is 3.49. The van der Waals surface area contributed by atoms with Crippen molar-refractivity contribution in [3.63, 3.8) is 0 Å². The van der Waals surface area contributed by atoms with Crippen LogP contribution in [0.1, 0.15) is 15.9 Å². The second-order valence-corrected chi connectivity index (χ2v) is 6.46. The number of thioether (sulfide) groups is 1. The highest BCUT2D eigenvalue weighted by molar-refractivity contribution is 8.26. The number of hydrogen-bond donors (Lipinski definition) is 2. The van der Waals surface area contributed by atoms with Crippen LogP contribution in [-0.4, -0.2) is 31.2 Å². The number of thiocarbonyl (C=S) groups is 1. The van der Waals surface area contributed by atoms with Gasteiger partial charge >= 0.3 is 0 Å². The first kappa shape index (κ1) is 16.2. The van der Waals surface area contributed by atoms with Crippen LogP contribution >= 0.6 is 24.0 Å². The third-order valence-corrected chi connectivity index (χ3v) is 4.42. The van der Waals surface area contributed by atoms with Crippen molar-refractivity contribution < 1.29 is 14.7 Å². The average Bonchev–Trinajstić information content (AvgIpc) is 2.83. The van der Waals surface area contributed by atoms with Crippen molar-refractivity contribution >= 4 is 46.2 Å². The number of nitrogens with one attached hydrogen (secondary N) is 1. The number of aromatic nitrogens is 1. The van der Waals surface area contributed by atoms with Gasteiger partial charge < -0.3 is 5.11 Å². The number of nitrogens with zero attached hydrogens (tertiary/aromatic N) is 2. The fourth-order valence-electron chi connectivity index (χ4n) is 1.99. The maximum absolute atomic E-state index is 12.4. The van der Waals surface area contributed by atoms with Crippen molar-refractivity contribution in [1.29, 1.82) is 0 Å². The lowest BCUT2D eigenvalue weighted by atomic mass is 10.2. The van der Waals surface area contributed by atoms with E-state index in [4.69, 9.17) is 12.2 Å². The van der Waals surface area contributed by atoms with Gasteiger partial charge in [-0.2, -0.15) is 5.01 Å². The van der Waals surface area contributed by atoms with E-state index >= 15 is 0 Å². The second kappa shape index (κ2) is 6.81. The van der Waals surface area contributed by atoms with Crippen LogP contribution in [0.4, 0.5) is 0 Å². The summed E-state index contributed by atoms with van der Waals surface area (Å²) >= 11 is 6.26. The first-order chi connectivity index (χ1) is 11.5. The van der Waals surface area contributed by atoms with Crippen molar-refractivity contribution in [1.82, 2.24) is 15.4 Å². The first-order valence-corrected chi connectivity index (χ1v) is 8.05. The maximum Gasteiger partial charge on any atom is 0.285 e. The molecule has 8 heteroatoms. The Kier molecular flexibility index (Phi) is 4.59. The van der Waals surface area contributed by atoms with E-state index < -0.39 is 11.8 Å². The summed E-state index contributed by atoms with van der Waals surface area (Å²) in [5.74, 6) is -0.978. The fourth-order valence-corrected chi connectivity index (χ4v) is 3.17. The van der Waals surface area contributed by atoms with E-state index in [0.29, 0.717) is 4.91 Å². The number of hydrazine groups is 1. The van der Waals surface area contributed by atoms with Crippen molar-refractivity contribution in [3.8, 4) is 5.75 Å². The van der Waals surface area contributed by atoms with Gasteiger partial charge in [0.2, 0.25) is 0 Å². The van der Waals surface area contributed by atoms with Gasteiger partial charge in [0.1, 0.15) is 5.75 Å². The van der Waals surface area contributed by atoms with Crippen molar-refractivity contribution in [2.24, 2.45) is 0 Å². The standard InChI is InChI=1S/C16H11N3O3S2/c20-12-3-1-2-11(9-12)14(21)18-19-15(22)13(24-16(19)23)8-10-4-6-17-7-5-10/h1-9,20H,(H,18,21). The van der Waals surface area contributed by atoms with Gasteiger partial charge in [0.15, 0.2) is 4.32 Å². The Labute approximate surface area is 147 Å². The van der Waals surface area contributed by atoms with Crippen LogP contribution in [0.5, 0.6) is 5.75 Å². The van der Waals surface area contributed by atoms with E-state index in [1.165, 1.54) is 24.3 Å². The molecule has 24 heavy (non-hydrogen) atoms. The maximum atomic E-state index is 12.4. The smallest absolute Gasteiger partial charge is 0.285 e. The summed E-state index contributed by atoms with van der Waals surface area (Å²) in [4.78, 5) is 28.9. The Balaban J connectivity index is 1.77. The highest BCUT2D eigenvalue weighted by Crippen LogP contribution is 2.31. The van der Waals surface area contributed by atoms with Gasteiger partial charge in [0, 0.05) is 18.0 Å². The lowest BCUT2D eigenvalue weighted by Gasteiger charge is -2.15. The van der Waals surface area contributed by atoms with Crippen LogP contribution in [0, 0.1) is 0 Å². The molecule has 1 aromatic heterocycles. The van der Waals surface area contributed by atoms with Gasteiger partial charge in [-0.1, -0.05) is 17.8 Å². The Morgan fingerprint density at radius 2 is 2.04 bits per heavy atom. The van der Waals surface area contributed by atoms with E-state index in [1.54, 1.807) is 30.6 Å². The van der Waals surface area contributed by atoms with Gasteiger partial charge in [0.05, 0.1) is 4.91 Å². The Morgan fingerprint density at radius 3 is 2.75 bits per heavy atom. The minimum absolute atomic E-state index is 0.0365. The molecule has 1 aromatic carbocycles. The van der Waals surface area contributed by atoms with Crippen LogP contribution in [-0.2, 0) is 4.79 Å². The molecule has 1 fully saturated rings. The number of rotatable bonds is 3. The topological polar surface area (TPSA) is 82.5 Å². The van der Waals surface area contributed by atoms with Gasteiger partial charge in [-0.25, -0.2) is 0 Å². The molecular weight excluding hydrogens is 346 g/mol. The minimum Gasteiger partial charge on any atom is -0.508 e. The Hall–Kier alpha value is -2.71. The molecule has 0 aliphatic carbocycles. The van der Waals surface area contributed by atoms with E-state index in [0.717, 1.165) is 22.3 Å². The van der Waals surface area contributed by atoms with Crippen molar-refractivity contribution in [2.45, 2.75) is 0 Å². The summed E-state index contributed by atoms with van der Waals surface area (Å²) in [6, 6.07) is 9.35. The van der Waals surface area contributed by atoms with E-state index in [1.807, 2.05) is 0 Å². The highest BCUT2D eigenvalue weighted by atomic mass is 32.2. The van der Waals surface area contributed by atoms with E-state index in [9.17, 15) is 14.7 Å². The summed E-state index contributed by atoms with van der Waals surface area (Å²) in [6.07, 6.45) is 4.92. The molecule has 0 unspecified atom stereocenters. The second-order valence-electron chi connectivity index (χ2n) is 4.79. The average molecular weight is 357 g/mol. The van der Waals surface area contributed by atoms with Gasteiger partial charge in [-0.15, -0.1) is 0 Å². The number of phenols is 1. The predicted molar refractivity (Wildman–Crippen MR) is 94.8 cm³/mol. The molecule has 0 bridgehead atoms. The summed E-state index contributed by atoms with van der Waals surface area (Å²) in [6.45, 7) is 0. The molecule has 0 spiro atoms. The molecule has 0 radical (unpaired) electrons. The summed E-state index contributed by atoms with van der Waals surface area (Å²) in [7, 11) is 0. The molecule has 1 aliphatic rings. The predicted octanol–water partition coefficient (Wildman–Crippen LogP) is 2.33. The number of pyridine rings is 1. The number of carbonyl (C=O) groups excluding carboxylic acids is 2. The van der Waals surface area contributed by atoms with Crippen molar-refractivity contribution in [2.75, 3.05) is 0 Å². The third kappa shape index (κ3) is 3.44. The molecule has 6 nitrogen and oxygen atoms in total. The lowest BCUT2D eigenvalue weighted by molar-refractivity contribution is -0.123. The van der Waals surface area contributed by atoms with Crippen LogP contribution in [0.25, 0.3) is 6.08 Å². The van der Waals surface area contributed by atoms with Crippen LogP contribution in [0.2, 0.25) is 0 Å². The van der Waals surface area contributed by atoms with Gasteiger partial charge in [-0.3, -0.25) is 20.0 Å². The third-order valence-electron chi connectivity index (χ3n) is 3.12. The SMILES string of the molecule is O=C(NN1C(=O)C(=Cc2ccncc2)SC1=S)c1cccc(O)c1. The van der Waals surface area contributed by atoms with Crippen LogP contribution < -0.4 is 5.43 Å². The minimum atomic E-state index is -0.535. The van der Waals surface area contributed by atoms with Gasteiger partial charge in [-0.05, 0) is 54.2 Å². The quantitative estimate of drug-likeness (QED) is 0.648. The van der Waals surface area contributed by atoms with Crippen LogP contribution in [0.3, 0.4) is 0 Å². The first-order valence-electron chi connectivity index (χ1n) is 6.82. The Morgan fingerprint density at radius 1 is 1.29 bits per heavy atom. The summed E-state index contributed by atoms with van der Waals surface area (Å²) < 4.78 is 0.230. The monoisotopic (exact) mass is 357 g/mol. The molecule has 3 rings (SSSR count). The molecule has 2 amide bonds. The zero-order chi connectivity index (χ0) is 17.1. The number of carbonyl (C=O) groups is 2. The number of hydrogen-bond acceptors (Lipinski definition) is 6. The van der Waals surface area contributed by atoms with E-state index in [2.05, 4.69) is 10.4 Å². The zero-order valence-electron chi connectivity index (χ0n) is 12.2. The van der Waals surface area contributed by atoms with Gasteiger partial charge in [0.25, 0.3) is 11.8 Å². The lowest BCUT2D eigenvalue weighted by Crippen LogP contribution is -2.44. The largest absolute Gasteiger partial charge is 0.508 e.